The Kier molecular flexibility index (Phi) is 10.6. The van der Waals surface area contributed by atoms with Crippen molar-refractivity contribution in [3.63, 3.8) is 0 Å². The zero-order chi connectivity index (χ0) is 29.0. The molecule has 0 aliphatic rings. The molecule has 0 fully saturated rings. The van der Waals surface area contributed by atoms with Gasteiger partial charge in [0.1, 0.15) is 11.8 Å². The summed E-state index contributed by atoms with van der Waals surface area (Å²) in [5.74, 6) is -0.0644. The molecule has 0 saturated heterocycles. The number of amides is 1. The number of ether oxygens (including phenoxy) is 1. The molecule has 3 aromatic carbocycles. The second kappa shape index (κ2) is 14.7. The highest BCUT2D eigenvalue weighted by Gasteiger charge is 2.21. The van der Waals surface area contributed by atoms with Crippen LogP contribution in [0.3, 0.4) is 0 Å². The van der Waals surface area contributed by atoms with E-state index in [1.54, 1.807) is 24.5 Å². The smallest absolute Gasteiger partial charge is 0.326 e. The number of aliphatic carboxylic acids is 1. The van der Waals surface area contributed by atoms with Gasteiger partial charge in [-0.15, -0.1) is 0 Å². The van der Waals surface area contributed by atoms with Crippen LogP contribution in [0.1, 0.15) is 60.5 Å². The largest absolute Gasteiger partial charge is 0.494 e. The van der Waals surface area contributed by atoms with Gasteiger partial charge in [-0.3, -0.25) is 4.79 Å². The normalized spacial score (nSPS) is 11.6. The van der Waals surface area contributed by atoms with Gasteiger partial charge in [0.2, 0.25) is 0 Å². The number of rotatable bonds is 14. The van der Waals surface area contributed by atoms with Gasteiger partial charge >= 0.3 is 5.97 Å². The number of carboxylic acids is 1. The summed E-state index contributed by atoms with van der Waals surface area (Å²) in [5, 5.41) is 12.3. The first kappa shape index (κ1) is 29.5. The van der Waals surface area contributed by atoms with Gasteiger partial charge in [0.15, 0.2) is 5.82 Å². The topological polar surface area (TPSA) is 101 Å². The van der Waals surface area contributed by atoms with Crippen molar-refractivity contribution in [3.05, 3.63) is 102 Å². The van der Waals surface area contributed by atoms with Gasteiger partial charge in [-0.05, 0) is 48.7 Å². The molecule has 0 radical (unpaired) electrons. The van der Waals surface area contributed by atoms with Crippen LogP contribution >= 0.6 is 0 Å². The van der Waals surface area contributed by atoms with E-state index in [1.807, 2.05) is 67.6 Å². The molecular formula is C34H37N3O4. The van der Waals surface area contributed by atoms with Gasteiger partial charge in [0.25, 0.3) is 5.91 Å². The third-order valence-electron chi connectivity index (χ3n) is 6.93. The number of carbonyl (C=O) groups excluding carboxylic acids is 1. The summed E-state index contributed by atoms with van der Waals surface area (Å²) >= 11 is 0. The summed E-state index contributed by atoms with van der Waals surface area (Å²) in [6.07, 6.45) is 9.80. The second-order valence-electron chi connectivity index (χ2n) is 10.2. The first-order chi connectivity index (χ1) is 19.9. The minimum absolute atomic E-state index is 0.158. The van der Waals surface area contributed by atoms with Crippen molar-refractivity contribution in [1.29, 1.82) is 0 Å². The molecule has 1 atom stereocenters. The first-order valence-corrected chi connectivity index (χ1v) is 14.2. The summed E-state index contributed by atoms with van der Waals surface area (Å²) < 4.78 is 5.86. The highest BCUT2D eigenvalue weighted by Crippen LogP contribution is 2.23. The van der Waals surface area contributed by atoms with Crippen LogP contribution in [0.4, 0.5) is 0 Å². The molecule has 7 nitrogen and oxygen atoms in total. The van der Waals surface area contributed by atoms with Gasteiger partial charge in [-0.1, -0.05) is 86.7 Å². The van der Waals surface area contributed by atoms with Crippen LogP contribution in [0.15, 0.2) is 85.2 Å². The standard InChI is InChI=1S/C34H37N3O4/c1-3-4-5-6-7-20-41-30-18-16-26(17-19-30)29-22-35-32(36-23-29)27-14-10-25(11-15-27)21-31(34(39)40)37-33(38)28-12-8-24(2)9-13-28/h8-19,22-23,31H,3-7,20-21H2,1-2H3,(H,37,38)(H,39,40). The number of aryl methyl sites for hydroxylation is 1. The first-order valence-electron chi connectivity index (χ1n) is 14.2. The molecule has 1 aromatic heterocycles. The van der Waals surface area contributed by atoms with Crippen LogP contribution in [0.25, 0.3) is 22.5 Å². The highest BCUT2D eigenvalue weighted by atomic mass is 16.5. The molecule has 41 heavy (non-hydrogen) atoms. The van der Waals surface area contributed by atoms with Crippen molar-refractivity contribution < 1.29 is 19.4 Å². The number of hydrogen-bond donors (Lipinski definition) is 2. The SMILES string of the molecule is CCCCCCCOc1ccc(-c2cnc(-c3ccc(CC(NC(=O)c4ccc(C)cc4)C(=O)O)cc3)nc2)cc1. The van der Waals surface area contributed by atoms with Crippen molar-refractivity contribution in [2.45, 2.75) is 58.4 Å². The Morgan fingerprint density at radius 3 is 2.07 bits per heavy atom. The number of benzene rings is 3. The minimum Gasteiger partial charge on any atom is -0.494 e. The van der Waals surface area contributed by atoms with E-state index in [0.717, 1.165) is 46.6 Å². The summed E-state index contributed by atoms with van der Waals surface area (Å²) in [6.45, 7) is 4.88. The van der Waals surface area contributed by atoms with Gasteiger partial charge < -0.3 is 15.2 Å². The fourth-order valence-corrected chi connectivity index (χ4v) is 4.44. The quantitative estimate of drug-likeness (QED) is 0.165. The molecule has 4 rings (SSSR count). The lowest BCUT2D eigenvalue weighted by Crippen LogP contribution is -2.42. The Morgan fingerprint density at radius 1 is 0.805 bits per heavy atom. The Morgan fingerprint density at radius 2 is 1.44 bits per heavy atom. The number of nitrogens with one attached hydrogen (secondary N) is 1. The summed E-state index contributed by atoms with van der Waals surface area (Å²) in [7, 11) is 0. The molecule has 1 amide bonds. The van der Waals surface area contributed by atoms with E-state index in [1.165, 1.54) is 25.7 Å². The maximum Gasteiger partial charge on any atom is 0.326 e. The molecule has 0 saturated carbocycles. The fraction of sp³-hybridized carbons (Fsp3) is 0.294. The van der Waals surface area contributed by atoms with E-state index in [2.05, 4.69) is 22.2 Å². The Labute approximate surface area is 241 Å². The number of hydrogen-bond acceptors (Lipinski definition) is 5. The van der Waals surface area contributed by atoms with E-state index >= 15 is 0 Å². The summed E-state index contributed by atoms with van der Waals surface area (Å²) in [4.78, 5) is 33.4. The van der Waals surface area contributed by atoms with Crippen LogP contribution in [0.5, 0.6) is 5.75 Å². The van der Waals surface area contributed by atoms with E-state index in [0.29, 0.717) is 11.4 Å². The molecule has 0 bridgehead atoms. The van der Waals surface area contributed by atoms with Crippen LogP contribution in [-0.2, 0) is 11.2 Å². The number of carbonyl (C=O) groups is 2. The van der Waals surface area contributed by atoms with Crippen LogP contribution in [0.2, 0.25) is 0 Å². The fourth-order valence-electron chi connectivity index (χ4n) is 4.44. The zero-order valence-electron chi connectivity index (χ0n) is 23.7. The minimum atomic E-state index is -1.09. The highest BCUT2D eigenvalue weighted by molar-refractivity contribution is 5.96. The molecule has 0 spiro atoms. The zero-order valence-corrected chi connectivity index (χ0v) is 23.7. The molecule has 0 aliphatic carbocycles. The van der Waals surface area contributed by atoms with Crippen LogP contribution in [0, 0.1) is 6.92 Å². The molecule has 212 valence electrons. The van der Waals surface area contributed by atoms with Crippen molar-refractivity contribution >= 4 is 11.9 Å². The molecular weight excluding hydrogens is 514 g/mol. The maximum atomic E-state index is 12.5. The Bertz CT molecular complexity index is 1400. The number of nitrogens with zero attached hydrogens (tertiary/aromatic N) is 2. The lowest BCUT2D eigenvalue weighted by molar-refractivity contribution is -0.139. The van der Waals surface area contributed by atoms with E-state index < -0.39 is 17.9 Å². The summed E-state index contributed by atoms with van der Waals surface area (Å²) in [5.41, 5.74) is 4.97. The predicted molar refractivity (Wildman–Crippen MR) is 161 cm³/mol. The third kappa shape index (κ3) is 8.73. The van der Waals surface area contributed by atoms with Gasteiger partial charge in [0.05, 0.1) is 6.61 Å². The van der Waals surface area contributed by atoms with Crippen LogP contribution in [-0.4, -0.2) is 39.6 Å². The average molecular weight is 552 g/mol. The van der Waals surface area contributed by atoms with E-state index in [-0.39, 0.29) is 6.42 Å². The Balaban J connectivity index is 1.32. The molecule has 7 heteroatoms. The number of unbranched alkanes of at least 4 members (excludes halogenated alkanes) is 4. The Hall–Kier alpha value is -4.52. The molecule has 1 heterocycles. The second-order valence-corrected chi connectivity index (χ2v) is 10.2. The van der Waals surface area contributed by atoms with Crippen molar-refractivity contribution in [1.82, 2.24) is 15.3 Å². The lowest BCUT2D eigenvalue weighted by Gasteiger charge is -2.15. The lowest BCUT2D eigenvalue weighted by atomic mass is 10.0. The van der Waals surface area contributed by atoms with Gasteiger partial charge in [0, 0.05) is 35.5 Å². The number of aromatic nitrogens is 2. The average Bonchev–Trinajstić information content (AvgIpc) is 2.99. The van der Waals surface area contributed by atoms with Crippen LogP contribution < -0.4 is 10.1 Å². The van der Waals surface area contributed by atoms with E-state index in [9.17, 15) is 14.7 Å². The number of carboxylic acid groups (broad SMARTS) is 1. The van der Waals surface area contributed by atoms with Gasteiger partial charge in [-0.25, -0.2) is 14.8 Å². The van der Waals surface area contributed by atoms with E-state index in [4.69, 9.17) is 4.74 Å². The molecule has 1 unspecified atom stereocenters. The molecule has 0 aliphatic heterocycles. The van der Waals surface area contributed by atoms with Crippen molar-refractivity contribution in [3.8, 4) is 28.3 Å². The van der Waals surface area contributed by atoms with Crippen molar-refractivity contribution in [2.75, 3.05) is 6.61 Å². The molecule has 2 N–H and O–H groups in total. The predicted octanol–water partition coefficient (Wildman–Crippen LogP) is 6.89. The van der Waals surface area contributed by atoms with Gasteiger partial charge in [-0.2, -0.15) is 0 Å². The maximum absolute atomic E-state index is 12.5. The summed E-state index contributed by atoms with van der Waals surface area (Å²) in [6, 6.07) is 21.3. The van der Waals surface area contributed by atoms with Crippen molar-refractivity contribution in [2.24, 2.45) is 0 Å². The molecule has 4 aromatic rings. The third-order valence-corrected chi connectivity index (χ3v) is 6.93. The monoisotopic (exact) mass is 551 g/mol.